The van der Waals surface area contributed by atoms with Crippen molar-refractivity contribution in [1.82, 2.24) is 0 Å². The summed E-state index contributed by atoms with van der Waals surface area (Å²) < 4.78 is 0. The van der Waals surface area contributed by atoms with Crippen molar-refractivity contribution >= 4 is 24.4 Å². The zero-order chi connectivity index (χ0) is 0. The van der Waals surface area contributed by atoms with Gasteiger partial charge in [-0.05, 0) is 0 Å². The van der Waals surface area contributed by atoms with Gasteiger partial charge in [-0.25, -0.2) is 0 Å². The summed E-state index contributed by atoms with van der Waals surface area (Å²) in [6.07, 6.45) is 0. The Bertz CT molecular complexity index is 7.51. The van der Waals surface area contributed by atoms with Crippen LogP contribution in [0.4, 0.5) is 0 Å². The molecule has 0 aliphatic rings. The maximum Gasteiger partial charge on any atom is 3.00 e. The van der Waals surface area contributed by atoms with Crippen molar-refractivity contribution in [2.75, 3.05) is 0 Å². The van der Waals surface area contributed by atoms with Gasteiger partial charge in [-0.15, -0.1) is 0 Å². The first-order valence-electron chi connectivity index (χ1n) is 0. The van der Waals surface area contributed by atoms with Crippen molar-refractivity contribution in [3.63, 3.8) is 0 Å². The Hall–Kier alpha value is 2.03. The van der Waals surface area contributed by atoms with Crippen molar-refractivity contribution < 1.29 is 63.7 Å². The minimum absolute atomic E-state index is 0. The van der Waals surface area contributed by atoms with Gasteiger partial charge in [0, 0.05) is 24.4 Å². The predicted molar refractivity (Wildman–Crippen MR) is 15.6 cm³/mol. The fraction of sp³-hybridized carbons (Fsp3) is 0. The third-order valence-corrected chi connectivity index (χ3v) is 0. The zero-order valence-corrected chi connectivity index (χ0v) is 8.50. The summed E-state index contributed by atoms with van der Waals surface area (Å²) in [5.41, 5.74) is 0. The molecule has 0 heterocycles. The standard InChI is InChI=1S/Ce.3H2O.O.Sb/h;3*1H2;;/q+3;;;;-2;/p-1. The topological polar surface area (TPSA) is 122 Å². The molecule has 0 saturated heterocycles. The summed E-state index contributed by atoms with van der Waals surface area (Å²) in [6.45, 7) is 0. The minimum atomic E-state index is 0. The van der Waals surface area contributed by atoms with Crippen LogP contribution < -0.4 is 0 Å². The average molecular weight is 331 g/mol. The first kappa shape index (κ1) is 96.0. The third kappa shape index (κ3) is 36.9. The molecular formula is H5CeO4Sb. The van der Waals surface area contributed by atoms with Crippen LogP contribution in [0.2, 0.25) is 0 Å². The van der Waals surface area contributed by atoms with Gasteiger partial charge in [-0.1, -0.05) is 0 Å². The van der Waals surface area contributed by atoms with Crippen molar-refractivity contribution in [3.05, 3.63) is 0 Å². The van der Waals surface area contributed by atoms with E-state index in [2.05, 4.69) is 0 Å². The summed E-state index contributed by atoms with van der Waals surface area (Å²) in [5, 5.41) is 0. The van der Waals surface area contributed by atoms with Gasteiger partial charge in [0.25, 0.3) is 0 Å². The fourth-order valence-corrected chi connectivity index (χ4v) is 0. The SMILES string of the molecule is O.O.[Ce+3].[O-2].[OH-].[Sb]. The predicted octanol–water partition coefficient (Wildman–Crippen LogP) is -2.33. The van der Waals surface area contributed by atoms with E-state index < -0.39 is 0 Å². The molecule has 0 spiro atoms. The van der Waals surface area contributed by atoms with Crippen molar-refractivity contribution in [3.8, 4) is 0 Å². The summed E-state index contributed by atoms with van der Waals surface area (Å²) in [6, 6.07) is 0. The maximum absolute atomic E-state index is 0. The third-order valence-electron chi connectivity index (χ3n) is 0. The van der Waals surface area contributed by atoms with Gasteiger partial charge in [0.05, 0.1) is 0 Å². The van der Waals surface area contributed by atoms with Crippen LogP contribution in [0, 0.1) is 41.7 Å². The van der Waals surface area contributed by atoms with Crippen molar-refractivity contribution in [1.29, 1.82) is 0 Å². The number of hydrogen-bond acceptors (Lipinski definition) is 1. The van der Waals surface area contributed by atoms with Gasteiger partial charge >= 0.3 is 41.7 Å². The van der Waals surface area contributed by atoms with Gasteiger partial charge < -0.3 is 21.9 Å². The second kappa shape index (κ2) is 61.9. The van der Waals surface area contributed by atoms with Crippen LogP contribution in [0.3, 0.4) is 0 Å². The maximum atomic E-state index is 0. The molecular weight excluding hydrogens is 326 g/mol. The monoisotopic (exact) mass is 330 g/mol. The first-order valence-corrected chi connectivity index (χ1v) is 0. The molecule has 0 bridgehead atoms. The summed E-state index contributed by atoms with van der Waals surface area (Å²) >= 11 is 0. The Morgan fingerprint density at radius 3 is 0.833 bits per heavy atom. The van der Waals surface area contributed by atoms with Crippen LogP contribution in [0.5, 0.6) is 0 Å². The quantitative estimate of drug-likeness (QED) is 0.455. The number of hydrogen-bond donors (Lipinski definition) is 0. The molecule has 4 radical (unpaired) electrons. The van der Waals surface area contributed by atoms with Gasteiger partial charge in [0.1, 0.15) is 0 Å². The smallest absolute Gasteiger partial charge is 2.00 e. The summed E-state index contributed by atoms with van der Waals surface area (Å²) in [7, 11) is 0. The molecule has 0 aromatic rings. The molecule has 0 atom stereocenters. The number of rotatable bonds is 0. The summed E-state index contributed by atoms with van der Waals surface area (Å²) in [5.74, 6) is 0. The van der Waals surface area contributed by atoms with E-state index in [1.807, 2.05) is 0 Å². The molecule has 38 valence electrons. The van der Waals surface area contributed by atoms with E-state index in [0.717, 1.165) is 0 Å². The van der Waals surface area contributed by atoms with Crippen molar-refractivity contribution in [2.24, 2.45) is 0 Å². The Morgan fingerprint density at radius 2 is 0.833 bits per heavy atom. The Kier molecular flexibility index (Phi) is 990. The summed E-state index contributed by atoms with van der Waals surface area (Å²) in [4.78, 5) is 0. The van der Waals surface area contributed by atoms with E-state index in [1.54, 1.807) is 0 Å². The van der Waals surface area contributed by atoms with Gasteiger partial charge in [0.15, 0.2) is 0 Å². The van der Waals surface area contributed by atoms with Crippen LogP contribution in [-0.4, -0.2) is 40.9 Å². The largest absolute Gasteiger partial charge is 3.00 e. The molecule has 0 amide bonds. The molecule has 0 rings (SSSR count). The average Bonchev–Trinajstić information content (AvgIpc) is 0. The van der Waals surface area contributed by atoms with Crippen LogP contribution in [0.15, 0.2) is 0 Å². The molecule has 0 aromatic carbocycles. The zero-order valence-electron chi connectivity index (χ0n) is 2.80. The molecule has 0 fully saturated rings. The molecule has 0 unspecified atom stereocenters. The van der Waals surface area contributed by atoms with Gasteiger partial charge in [-0.3, -0.25) is 0 Å². The van der Waals surface area contributed by atoms with E-state index in [-0.39, 0.29) is 88.1 Å². The molecule has 0 aromatic heterocycles. The minimum Gasteiger partial charge on any atom is -2.00 e. The van der Waals surface area contributed by atoms with E-state index in [1.165, 1.54) is 0 Å². The molecule has 0 saturated carbocycles. The second-order valence-corrected chi connectivity index (χ2v) is 0. The molecule has 6 heavy (non-hydrogen) atoms. The van der Waals surface area contributed by atoms with Crippen LogP contribution >= 0.6 is 0 Å². The molecule has 0 aliphatic heterocycles. The Morgan fingerprint density at radius 1 is 0.833 bits per heavy atom. The molecule has 6 heteroatoms. The van der Waals surface area contributed by atoms with E-state index in [4.69, 9.17) is 0 Å². The van der Waals surface area contributed by atoms with Crippen LogP contribution in [-0.2, 0) is 5.48 Å². The molecule has 5 N–H and O–H groups in total. The Labute approximate surface area is 86.7 Å². The fourth-order valence-electron chi connectivity index (χ4n) is 0. The normalized spacial score (nSPS) is 0. The van der Waals surface area contributed by atoms with E-state index in [0.29, 0.717) is 0 Å². The van der Waals surface area contributed by atoms with Crippen molar-refractivity contribution in [2.45, 2.75) is 0 Å². The Balaban J connectivity index is 0. The molecule has 4 nitrogen and oxygen atoms in total. The second-order valence-electron chi connectivity index (χ2n) is 0. The van der Waals surface area contributed by atoms with E-state index in [9.17, 15) is 0 Å². The molecule has 0 aliphatic carbocycles. The van der Waals surface area contributed by atoms with Crippen LogP contribution in [0.25, 0.3) is 0 Å². The van der Waals surface area contributed by atoms with E-state index >= 15 is 0 Å². The first-order chi connectivity index (χ1) is 0. The van der Waals surface area contributed by atoms with Gasteiger partial charge in [-0.2, -0.15) is 0 Å². The van der Waals surface area contributed by atoms with Crippen LogP contribution in [0.1, 0.15) is 0 Å². The van der Waals surface area contributed by atoms with Gasteiger partial charge in [0.2, 0.25) is 0 Å².